The smallest absolute Gasteiger partial charge is 0.260 e. The highest BCUT2D eigenvalue weighted by molar-refractivity contribution is 7.18. The predicted octanol–water partition coefficient (Wildman–Crippen LogP) is 4.38. The van der Waals surface area contributed by atoms with E-state index in [1.54, 1.807) is 11.3 Å². The van der Waals surface area contributed by atoms with E-state index in [1.807, 2.05) is 54.1 Å². The highest BCUT2D eigenvalue weighted by Crippen LogP contribution is 2.33. The zero-order valence-electron chi connectivity index (χ0n) is 14.0. The number of fused-ring (bicyclic) bond motifs is 1. The average Bonchev–Trinajstić information content (AvgIpc) is 3.31. The molecule has 0 bridgehead atoms. The maximum atomic E-state index is 12.7. The number of hydrogen-bond donors (Lipinski definition) is 3. The number of aromatic nitrogens is 2. The molecule has 7 heteroatoms. The van der Waals surface area contributed by atoms with Gasteiger partial charge in [0.05, 0.1) is 18.0 Å². The number of hydrogen-bond acceptors (Lipinski definition) is 6. The molecule has 3 aromatic heterocycles. The third-order valence-corrected chi connectivity index (χ3v) is 5.93. The van der Waals surface area contributed by atoms with Crippen LogP contribution in [-0.4, -0.2) is 15.1 Å². The van der Waals surface area contributed by atoms with Gasteiger partial charge in [0.25, 0.3) is 5.56 Å². The zero-order valence-corrected chi connectivity index (χ0v) is 15.7. The first-order valence-electron chi connectivity index (χ1n) is 8.17. The molecule has 0 fully saturated rings. The first kappa shape index (κ1) is 17.0. The first-order valence-corrected chi connectivity index (χ1v) is 9.93. The summed E-state index contributed by atoms with van der Waals surface area (Å²) in [6, 6.07) is 11.4. The number of nitrogens with zero attached hydrogens (tertiary/aromatic N) is 1. The van der Waals surface area contributed by atoms with Crippen molar-refractivity contribution in [1.29, 1.82) is 0 Å². The molecule has 0 radical (unpaired) electrons. The quantitative estimate of drug-likeness (QED) is 0.478. The lowest BCUT2D eigenvalue weighted by atomic mass is 10.2. The number of aliphatic hydroxyl groups excluding tert-OH is 1. The number of aliphatic hydroxyl groups is 1. The summed E-state index contributed by atoms with van der Waals surface area (Å²) < 4.78 is 0. The van der Waals surface area contributed by atoms with Gasteiger partial charge in [0, 0.05) is 21.5 Å². The normalized spacial score (nSPS) is 12.4. The molecule has 0 aliphatic carbocycles. The summed E-state index contributed by atoms with van der Waals surface area (Å²) >= 11 is 3.10. The van der Waals surface area contributed by atoms with Crippen molar-refractivity contribution in [2.75, 3.05) is 5.32 Å². The van der Waals surface area contributed by atoms with Crippen molar-refractivity contribution < 1.29 is 5.11 Å². The molecule has 0 aliphatic rings. The van der Waals surface area contributed by atoms with E-state index in [4.69, 9.17) is 0 Å². The third-order valence-electron chi connectivity index (χ3n) is 4.15. The fourth-order valence-corrected chi connectivity index (χ4v) is 4.63. The molecular formula is C19H17N3O2S2. The SMILES string of the molecule is CC(Nc1cccc(CO)c1)c1nc2scc(-c3cccs3)c2c(=O)[nH]1. The average molecular weight is 383 g/mol. The van der Waals surface area contributed by atoms with Crippen LogP contribution in [0.3, 0.4) is 0 Å². The van der Waals surface area contributed by atoms with Crippen molar-refractivity contribution in [3.8, 4) is 10.4 Å². The minimum Gasteiger partial charge on any atom is -0.392 e. The predicted molar refractivity (Wildman–Crippen MR) is 108 cm³/mol. The molecule has 0 spiro atoms. The molecule has 3 heterocycles. The van der Waals surface area contributed by atoms with Crippen LogP contribution in [0.4, 0.5) is 5.69 Å². The monoisotopic (exact) mass is 383 g/mol. The van der Waals surface area contributed by atoms with Crippen LogP contribution in [0.5, 0.6) is 0 Å². The summed E-state index contributed by atoms with van der Waals surface area (Å²) in [4.78, 5) is 22.1. The first-order chi connectivity index (χ1) is 12.7. The second-order valence-electron chi connectivity index (χ2n) is 5.98. The summed E-state index contributed by atoms with van der Waals surface area (Å²) in [5.74, 6) is 0.594. The lowest BCUT2D eigenvalue weighted by molar-refractivity contribution is 0.282. The van der Waals surface area contributed by atoms with Crippen LogP contribution in [0, 0.1) is 0 Å². The van der Waals surface area contributed by atoms with Crippen molar-refractivity contribution in [2.24, 2.45) is 0 Å². The molecule has 0 saturated carbocycles. The molecular weight excluding hydrogens is 366 g/mol. The summed E-state index contributed by atoms with van der Waals surface area (Å²) in [5, 5.41) is 17.2. The van der Waals surface area contributed by atoms with Crippen LogP contribution in [0.25, 0.3) is 20.7 Å². The lowest BCUT2D eigenvalue weighted by Crippen LogP contribution is -2.17. The molecule has 26 heavy (non-hydrogen) atoms. The van der Waals surface area contributed by atoms with Crippen molar-refractivity contribution >= 4 is 38.6 Å². The molecule has 132 valence electrons. The van der Waals surface area contributed by atoms with Gasteiger partial charge in [-0.05, 0) is 36.1 Å². The standard InChI is InChI=1S/C19H17N3O2S2/c1-11(20-13-5-2-4-12(8-13)9-23)17-21-18(24)16-14(10-26-19(16)22-17)15-6-3-7-25-15/h2-8,10-11,20,23H,9H2,1H3,(H,21,22,24). The van der Waals surface area contributed by atoms with Crippen molar-refractivity contribution in [3.63, 3.8) is 0 Å². The molecule has 0 saturated heterocycles. The van der Waals surface area contributed by atoms with Gasteiger partial charge in [-0.2, -0.15) is 0 Å². The second kappa shape index (κ2) is 7.03. The number of nitrogens with one attached hydrogen (secondary N) is 2. The van der Waals surface area contributed by atoms with E-state index >= 15 is 0 Å². The number of thiophene rings is 2. The van der Waals surface area contributed by atoms with E-state index in [0.717, 1.165) is 26.5 Å². The number of rotatable bonds is 5. The lowest BCUT2D eigenvalue weighted by Gasteiger charge is -2.15. The van der Waals surface area contributed by atoms with Gasteiger partial charge >= 0.3 is 0 Å². The van der Waals surface area contributed by atoms with E-state index in [1.165, 1.54) is 11.3 Å². The van der Waals surface area contributed by atoms with E-state index in [9.17, 15) is 9.90 Å². The Morgan fingerprint density at radius 2 is 2.15 bits per heavy atom. The Bertz CT molecular complexity index is 1100. The Labute approximate surface area is 158 Å². The van der Waals surface area contributed by atoms with Gasteiger partial charge in [-0.3, -0.25) is 4.79 Å². The van der Waals surface area contributed by atoms with Gasteiger partial charge < -0.3 is 15.4 Å². The number of anilines is 1. The van der Waals surface area contributed by atoms with Crippen LogP contribution in [0.15, 0.2) is 52.0 Å². The van der Waals surface area contributed by atoms with Crippen molar-refractivity contribution in [1.82, 2.24) is 9.97 Å². The maximum Gasteiger partial charge on any atom is 0.260 e. The Morgan fingerprint density at radius 3 is 2.92 bits per heavy atom. The molecule has 4 rings (SSSR count). The van der Waals surface area contributed by atoms with E-state index < -0.39 is 0 Å². The highest BCUT2D eigenvalue weighted by atomic mass is 32.1. The van der Waals surface area contributed by atoms with Gasteiger partial charge in [-0.1, -0.05) is 18.2 Å². The fourth-order valence-electron chi connectivity index (χ4n) is 2.86. The largest absolute Gasteiger partial charge is 0.392 e. The fraction of sp³-hybridized carbons (Fsp3) is 0.158. The molecule has 5 nitrogen and oxygen atoms in total. The topological polar surface area (TPSA) is 78.0 Å². The van der Waals surface area contributed by atoms with E-state index in [2.05, 4.69) is 15.3 Å². The van der Waals surface area contributed by atoms with Crippen molar-refractivity contribution in [3.05, 3.63) is 68.9 Å². The van der Waals surface area contributed by atoms with Crippen LogP contribution >= 0.6 is 22.7 Å². The molecule has 0 amide bonds. The highest BCUT2D eigenvalue weighted by Gasteiger charge is 2.16. The van der Waals surface area contributed by atoms with E-state index in [0.29, 0.717) is 11.2 Å². The molecule has 1 atom stereocenters. The van der Waals surface area contributed by atoms with Gasteiger partial charge in [0.2, 0.25) is 0 Å². The third kappa shape index (κ3) is 3.16. The molecule has 1 aromatic carbocycles. The van der Waals surface area contributed by atoms with Crippen LogP contribution < -0.4 is 10.9 Å². The summed E-state index contributed by atoms with van der Waals surface area (Å²) in [7, 11) is 0. The Balaban J connectivity index is 1.68. The summed E-state index contributed by atoms with van der Waals surface area (Å²) in [6.45, 7) is 1.94. The van der Waals surface area contributed by atoms with Crippen LogP contribution in [0.2, 0.25) is 0 Å². The minimum absolute atomic E-state index is 0.00830. The zero-order chi connectivity index (χ0) is 18.1. The second-order valence-corrected chi connectivity index (χ2v) is 7.79. The van der Waals surface area contributed by atoms with Gasteiger partial charge in [-0.25, -0.2) is 4.98 Å². The molecule has 4 aromatic rings. The molecule has 1 unspecified atom stereocenters. The summed E-state index contributed by atoms with van der Waals surface area (Å²) in [6.07, 6.45) is 0. The van der Waals surface area contributed by atoms with Gasteiger partial charge in [0.1, 0.15) is 10.7 Å². The molecule has 0 aliphatic heterocycles. The van der Waals surface area contributed by atoms with Gasteiger partial charge in [-0.15, -0.1) is 22.7 Å². The summed E-state index contributed by atoms with van der Waals surface area (Å²) in [5.41, 5.74) is 2.53. The number of benzene rings is 1. The van der Waals surface area contributed by atoms with Crippen LogP contribution in [0.1, 0.15) is 24.4 Å². The molecule has 3 N–H and O–H groups in total. The number of H-pyrrole nitrogens is 1. The van der Waals surface area contributed by atoms with E-state index in [-0.39, 0.29) is 18.2 Å². The van der Waals surface area contributed by atoms with Crippen LogP contribution in [-0.2, 0) is 6.61 Å². The number of aromatic amines is 1. The Morgan fingerprint density at radius 1 is 1.27 bits per heavy atom. The van der Waals surface area contributed by atoms with Crippen molar-refractivity contribution in [2.45, 2.75) is 19.6 Å². The Kier molecular flexibility index (Phi) is 4.58. The minimum atomic E-state index is -0.173. The maximum absolute atomic E-state index is 12.7. The Hall–Kier alpha value is -2.48. The van der Waals surface area contributed by atoms with Gasteiger partial charge in [0.15, 0.2) is 0 Å².